The van der Waals surface area contributed by atoms with Crippen molar-refractivity contribution >= 4 is 30.7 Å². The molecule has 0 aromatic heterocycles. The van der Waals surface area contributed by atoms with Crippen LogP contribution in [0.15, 0.2) is 30.3 Å². The first-order valence-corrected chi connectivity index (χ1v) is 9.96. The van der Waals surface area contributed by atoms with Crippen molar-refractivity contribution in [3.8, 4) is 0 Å². The normalized spacial score (nSPS) is 16.1. The predicted molar refractivity (Wildman–Crippen MR) is 119 cm³/mol. The fourth-order valence-electron chi connectivity index (χ4n) is 3.56. The van der Waals surface area contributed by atoms with E-state index in [0.717, 1.165) is 51.2 Å². The third-order valence-corrected chi connectivity index (χ3v) is 5.29. The Bertz CT molecular complexity index is 493. The van der Waals surface area contributed by atoms with Crippen LogP contribution in [-0.2, 0) is 4.79 Å². The highest BCUT2D eigenvalue weighted by Gasteiger charge is 2.24. The van der Waals surface area contributed by atoms with Gasteiger partial charge in [0.05, 0.1) is 6.04 Å². The van der Waals surface area contributed by atoms with Crippen LogP contribution in [0.1, 0.15) is 63.5 Å². The van der Waals surface area contributed by atoms with Crippen molar-refractivity contribution in [2.75, 3.05) is 26.2 Å². The second-order valence-electron chi connectivity index (χ2n) is 7.40. The predicted octanol–water partition coefficient (Wildman–Crippen LogP) is 4.33. The summed E-state index contributed by atoms with van der Waals surface area (Å²) in [5.74, 6) is 0.995. The molecule has 0 spiro atoms. The smallest absolute Gasteiger partial charge is 0.220 e. The average Bonchev–Trinajstić information content (AvgIpc) is 2.64. The van der Waals surface area contributed by atoms with E-state index >= 15 is 0 Å². The molecule has 1 fully saturated rings. The fourth-order valence-corrected chi connectivity index (χ4v) is 3.56. The molecule has 3 N–H and O–H groups in total. The molecule has 6 heteroatoms. The van der Waals surface area contributed by atoms with Gasteiger partial charge in [0.1, 0.15) is 0 Å². The Morgan fingerprint density at radius 2 is 1.74 bits per heavy atom. The Hall–Kier alpha value is -0.810. The Labute approximate surface area is 177 Å². The minimum atomic E-state index is 0. The topological polar surface area (TPSA) is 58.4 Å². The number of rotatable bonds is 10. The lowest BCUT2D eigenvalue weighted by Crippen LogP contribution is -2.41. The van der Waals surface area contributed by atoms with E-state index in [1.807, 2.05) is 0 Å². The molecule has 2 rings (SSSR count). The monoisotopic (exact) mass is 417 g/mol. The number of unbranched alkanes of at least 4 members (excludes halogenated alkanes) is 3. The van der Waals surface area contributed by atoms with E-state index in [4.69, 9.17) is 5.73 Å². The van der Waals surface area contributed by atoms with Gasteiger partial charge in [-0.1, -0.05) is 50.1 Å². The molecule has 0 saturated carbocycles. The SMILES string of the molecule is CC1CCN(C(CNC(=O)CCCCCCN)c2ccccc2)CC1.Cl.Cl. The van der Waals surface area contributed by atoms with E-state index in [1.165, 1.54) is 18.4 Å². The zero-order valence-corrected chi connectivity index (χ0v) is 18.2. The van der Waals surface area contributed by atoms with E-state index in [-0.39, 0.29) is 36.8 Å². The van der Waals surface area contributed by atoms with Crippen LogP contribution in [0.5, 0.6) is 0 Å². The van der Waals surface area contributed by atoms with Crippen molar-refractivity contribution in [2.24, 2.45) is 11.7 Å². The lowest BCUT2D eigenvalue weighted by molar-refractivity contribution is -0.121. The maximum Gasteiger partial charge on any atom is 0.220 e. The Balaban J connectivity index is 0.00000338. The molecule has 1 heterocycles. The number of piperidine rings is 1. The summed E-state index contributed by atoms with van der Waals surface area (Å²) in [6.07, 6.45) is 7.37. The van der Waals surface area contributed by atoms with Crippen molar-refractivity contribution < 1.29 is 4.79 Å². The summed E-state index contributed by atoms with van der Waals surface area (Å²) in [4.78, 5) is 14.7. The van der Waals surface area contributed by atoms with E-state index in [2.05, 4.69) is 47.5 Å². The Kier molecular flexibility index (Phi) is 14.7. The fraction of sp³-hybridized carbons (Fsp3) is 0.667. The van der Waals surface area contributed by atoms with Crippen LogP contribution in [0.4, 0.5) is 0 Å². The summed E-state index contributed by atoms with van der Waals surface area (Å²) in [6.45, 7) is 6.03. The number of hydrogen-bond donors (Lipinski definition) is 2. The molecular weight excluding hydrogens is 381 g/mol. The first kappa shape index (κ1) is 26.2. The second kappa shape index (κ2) is 15.2. The molecule has 0 radical (unpaired) electrons. The number of hydrogen-bond acceptors (Lipinski definition) is 3. The number of nitrogens with one attached hydrogen (secondary N) is 1. The molecule has 1 aromatic rings. The van der Waals surface area contributed by atoms with Gasteiger partial charge in [0, 0.05) is 13.0 Å². The molecule has 27 heavy (non-hydrogen) atoms. The molecular formula is C21H37Cl2N3O. The second-order valence-corrected chi connectivity index (χ2v) is 7.40. The summed E-state index contributed by atoms with van der Waals surface area (Å²) in [5, 5.41) is 3.18. The largest absolute Gasteiger partial charge is 0.354 e. The van der Waals surface area contributed by atoms with Gasteiger partial charge in [-0.15, -0.1) is 24.8 Å². The third kappa shape index (κ3) is 9.79. The molecule has 1 amide bonds. The molecule has 1 unspecified atom stereocenters. The Morgan fingerprint density at radius 1 is 1.11 bits per heavy atom. The van der Waals surface area contributed by atoms with Crippen LogP contribution in [0.25, 0.3) is 0 Å². The highest BCUT2D eigenvalue weighted by Crippen LogP contribution is 2.26. The minimum absolute atomic E-state index is 0. The summed E-state index contributed by atoms with van der Waals surface area (Å²) < 4.78 is 0. The molecule has 4 nitrogen and oxygen atoms in total. The maximum absolute atomic E-state index is 12.2. The summed E-state index contributed by atoms with van der Waals surface area (Å²) in [7, 11) is 0. The molecule has 1 atom stereocenters. The first-order chi connectivity index (χ1) is 12.2. The highest BCUT2D eigenvalue weighted by atomic mass is 35.5. The van der Waals surface area contributed by atoms with Gasteiger partial charge < -0.3 is 11.1 Å². The number of nitrogens with two attached hydrogens (primary N) is 1. The molecule has 0 aliphatic carbocycles. The van der Waals surface area contributed by atoms with Crippen molar-refractivity contribution in [1.29, 1.82) is 0 Å². The lowest BCUT2D eigenvalue weighted by Gasteiger charge is -2.37. The average molecular weight is 418 g/mol. The number of carbonyl (C=O) groups excluding carboxylic acids is 1. The molecule has 0 bridgehead atoms. The van der Waals surface area contributed by atoms with Gasteiger partial charge in [-0.2, -0.15) is 0 Å². The standard InChI is InChI=1S/C21H35N3O.2ClH/c1-18-12-15-24(16-13-18)20(19-9-5-4-6-10-19)17-23-21(25)11-7-2-3-8-14-22;;/h4-6,9-10,18,20H,2-3,7-8,11-17,22H2,1H3,(H,23,25);2*1H. The van der Waals surface area contributed by atoms with Crippen LogP contribution in [0, 0.1) is 5.92 Å². The van der Waals surface area contributed by atoms with E-state index in [0.29, 0.717) is 13.0 Å². The highest BCUT2D eigenvalue weighted by molar-refractivity contribution is 5.85. The van der Waals surface area contributed by atoms with Gasteiger partial charge in [0.15, 0.2) is 0 Å². The van der Waals surface area contributed by atoms with Gasteiger partial charge in [-0.05, 0) is 56.8 Å². The quantitative estimate of drug-likeness (QED) is 0.556. The summed E-state index contributed by atoms with van der Waals surface area (Å²) in [6, 6.07) is 10.9. The van der Waals surface area contributed by atoms with Crippen LogP contribution < -0.4 is 11.1 Å². The first-order valence-electron chi connectivity index (χ1n) is 9.96. The minimum Gasteiger partial charge on any atom is -0.354 e. The number of amides is 1. The maximum atomic E-state index is 12.2. The van der Waals surface area contributed by atoms with Crippen LogP contribution in [-0.4, -0.2) is 37.0 Å². The number of benzene rings is 1. The van der Waals surface area contributed by atoms with Gasteiger partial charge in [-0.3, -0.25) is 9.69 Å². The van der Waals surface area contributed by atoms with Gasteiger partial charge in [0.25, 0.3) is 0 Å². The number of carbonyl (C=O) groups is 1. The zero-order valence-electron chi connectivity index (χ0n) is 16.6. The molecule has 1 aliphatic rings. The summed E-state index contributed by atoms with van der Waals surface area (Å²) in [5.41, 5.74) is 6.81. The van der Waals surface area contributed by atoms with Crippen LogP contribution in [0.2, 0.25) is 0 Å². The van der Waals surface area contributed by atoms with Crippen molar-refractivity contribution in [3.05, 3.63) is 35.9 Å². The lowest BCUT2D eigenvalue weighted by atomic mass is 9.95. The summed E-state index contributed by atoms with van der Waals surface area (Å²) >= 11 is 0. The van der Waals surface area contributed by atoms with Gasteiger partial charge >= 0.3 is 0 Å². The molecule has 156 valence electrons. The van der Waals surface area contributed by atoms with E-state index in [9.17, 15) is 4.79 Å². The van der Waals surface area contributed by atoms with Crippen molar-refractivity contribution in [2.45, 2.75) is 57.9 Å². The molecule has 1 aromatic carbocycles. The third-order valence-electron chi connectivity index (χ3n) is 5.29. The number of halogens is 2. The molecule has 1 aliphatic heterocycles. The Morgan fingerprint density at radius 3 is 2.37 bits per heavy atom. The van der Waals surface area contributed by atoms with Crippen LogP contribution >= 0.6 is 24.8 Å². The van der Waals surface area contributed by atoms with Gasteiger partial charge in [-0.25, -0.2) is 0 Å². The molecule has 1 saturated heterocycles. The van der Waals surface area contributed by atoms with Crippen molar-refractivity contribution in [1.82, 2.24) is 10.2 Å². The van der Waals surface area contributed by atoms with E-state index in [1.54, 1.807) is 0 Å². The zero-order chi connectivity index (χ0) is 17.9. The van der Waals surface area contributed by atoms with Crippen molar-refractivity contribution in [3.63, 3.8) is 0 Å². The van der Waals surface area contributed by atoms with Crippen LogP contribution in [0.3, 0.4) is 0 Å². The number of likely N-dealkylation sites (tertiary alicyclic amines) is 1. The number of nitrogens with zero attached hydrogens (tertiary/aromatic N) is 1. The van der Waals surface area contributed by atoms with Gasteiger partial charge in [0.2, 0.25) is 5.91 Å². The van der Waals surface area contributed by atoms with E-state index < -0.39 is 0 Å².